The normalized spacial score (nSPS) is 12.2. The summed E-state index contributed by atoms with van der Waals surface area (Å²) in [4.78, 5) is 0. The summed E-state index contributed by atoms with van der Waals surface area (Å²) >= 11 is 2.33. The zero-order valence-corrected chi connectivity index (χ0v) is 10.0. The standard InChI is InChI=1S/C11H13IO/c1-4-8(2)10-7-9(13-3)5-6-11(10)12/h4-8H,1H2,2-3H3. The Morgan fingerprint density at radius 1 is 1.54 bits per heavy atom. The second-order valence-corrected chi connectivity index (χ2v) is 4.07. The highest BCUT2D eigenvalue weighted by atomic mass is 127. The Balaban J connectivity index is 3.10. The average Bonchev–Trinajstić information content (AvgIpc) is 2.17. The molecule has 0 aliphatic rings. The van der Waals surface area contributed by atoms with Gasteiger partial charge in [-0.1, -0.05) is 13.0 Å². The van der Waals surface area contributed by atoms with E-state index >= 15 is 0 Å². The highest BCUT2D eigenvalue weighted by Gasteiger charge is 2.06. The molecule has 0 fully saturated rings. The minimum absolute atomic E-state index is 0.377. The van der Waals surface area contributed by atoms with E-state index in [1.54, 1.807) is 7.11 Å². The SMILES string of the molecule is C=CC(C)c1cc(OC)ccc1I. The van der Waals surface area contributed by atoms with Crippen LogP contribution in [0.1, 0.15) is 18.4 Å². The van der Waals surface area contributed by atoms with Gasteiger partial charge in [0.05, 0.1) is 7.11 Å². The molecule has 0 spiro atoms. The first kappa shape index (κ1) is 10.6. The van der Waals surface area contributed by atoms with Crippen molar-refractivity contribution >= 4 is 22.6 Å². The van der Waals surface area contributed by atoms with Gasteiger partial charge in [0.25, 0.3) is 0 Å². The second-order valence-electron chi connectivity index (χ2n) is 2.91. The van der Waals surface area contributed by atoms with Crippen molar-refractivity contribution in [1.29, 1.82) is 0 Å². The van der Waals surface area contributed by atoms with Crippen molar-refractivity contribution in [3.8, 4) is 5.75 Å². The molecule has 0 bridgehead atoms. The molecule has 0 aliphatic heterocycles. The van der Waals surface area contributed by atoms with Crippen LogP contribution >= 0.6 is 22.6 Å². The molecule has 1 unspecified atom stereocenters. The van der Waals surface area contributed by atoms with E-state index in [1.807, 2.05) is 12.1 Å². The zero-order valence-electron chi connectivity index (χ0n) is 7.88. The lowest BCUT2D eigenvalue weighted by Crippen LogP contribution is -1.94. The lowest BCUT2D eigenvalue weighted by Gasteiger charge is -2.10. The molecular formula is C11H13IO. The Morgan fingerprint density at radius 3 is 2.77 bits per heavy atom. The Hall–Kier alpha value is -0.510. The quantitative estimate of drug-likeness (QED) is 0.610. The van der Waals surface area contributed by atoms with E-state index in [4.69, 9.17) is 4.74 Å². The number of halogens is 1. The number of methoxy groups -OCH3 is 1. The molecule has 0 N–H and O–H groups in total. The predicted octanol–water partition coefficient (Wildman–Crippen LogP) is 3.59. The molecule has 0 amide bonds. The molecule has 13 heavy (non-hydrogen) atoms. The first-order valence-electron chi connectivity index (χ1n) is 4.15. The average molecular weight is 288 g/mol. The summed E-state index contributed by atoms with van der Waals surface area (Å²) in [6.45, 7) is 5.92. The maximum absolute atomic E-state index is 5.17. The number of rotatable bonds is 3. The van der Waals surface area contributed by atoms with Gasteiger partial charge in [-0.25, -0.2) is 0 Å². The first-order valence-corrected chi connectivity index (χ1v) is 5.23. The lowest BCUT2D eigenvalue weighted by atomic mass is 10.0. The zero-order chi connectivity index (χ0) is 9.84. The van der Waals surface area contributed by atoms with Crippen LogP contribution in [0.4, 0.5) is 0 Å². The van der Waals surface area contributed by atoms with Gasteiger partial charge in [0.15, 0.2) is 0 Å². The van der Waals surface area contributed by atoms with E-state index in [9.17, 15) is 0 Å². The molecule has 70 valence electrons. The van der Waals surface area contributed by atoms with Crippen LogP contribution < -0.4 is 4.74 Å². The predicted molar refractivity (Wildman–Crippen MR) is 64.3 cm³/mol. The van der Waals surface area contributed by atoms with E-state index in [1.165, 1.54) is 9.13 Å². The number of benzene rings is 1. The first-order chi connectivity index (χ1) is 6.19. The minimum atomic E-state index is 0.377. The summed E-state index contributed by atoms with van der Waals surface area (Å²) in [5, 5.41) is 0. The van der Waals surface area contributed by atoms with Crippen LogP contribution in [0.15, 0.2) is 30.9 Å². The molecule has 1 atom stereocenters. The van der Waals surface area contributed by atoms with E-state index in [0.717, 1.165) is 5.75 Å². The van der Waals surface area contributed by atoms with Crippen molar-refractivity contribution in [2.75, 3.05) is 7.11 Å². The minimum Gasteiger partial charge on any atom is -0.497 e. The van der Waals surface area contributed by atoms with Gasteiger partial charge >= 0.3 is 0 Å². The Labute approximate surface area is 92.9 Å². The summed E-state index contributed by atoms with van der Waals surface area (Å²) in [5.41, 5.74) is 1.27. The third-order valence-corrected chi connectivity index (χ3v) is 3.03. The van der Waals surface area contributed by atoms with Crippen molar-refractivity contribution in [1.82, 2.24) is 0 Å². The van der Waals surface area contributed by atoms with E-state index in [-0.39, 0.29) is 0 Å². The third kappa shape index (κ3) is 2.46. The Bertz CT molecular complexity index is 307. The molecular weight excluding hydrogens is 275 g/mol. The fraction of sp³-hybridized carbons (Fsp3) is 0.273. The van der Waals surface area contributed by atoms with E-state index < -0.39 is 0 Å². The summed E-state index contributed by atoms with van der Waals surface area (Å²) in [6.07, 6.45) is 1.94. The van der Waals surface area contributed by atoms with Gasteiger partial charge in [-0.05, 0) is 52.3 Å². The van der Waals surface area contributed by atoms with Crippen LogP contribution in [0, 0.1) is 3.57 Å². The highest BCUT2D eigenvalue weighted by Crippen LogP contribution is 2.26. The monoisotopic (exact) mass is 288 g/mol. The van der Waals surface area contributed by atoms with E-state index in [0.29, 0.717) is 5.92 Å². The third-order valence-electron chi connectivity index (χ3n) is 2.05. The largest absolute Gasteiger partial charge is 0.497 e. The van der Waals surface area contributed by atoms with Crippen LogP contribution in [-0.4, -0.2) is 7.11 Å². The molecule has 1 aromatic carbocycles. The molecule has 0 saturated carbocycles. The number of ether oxygens (including phenoxy) is 1. The summed E-state index contributed by atoms with van der Waals surface area (Å²) < 4.78 is 6.42. The Morgan fingerprint density at radius 2 is 2.23 bits per heavy atom. The van der Waals surface area contributed by atoms with Crippen LogP contribution in [0.25, 0.3) is 0 Å². The fourth-order valence-electron chi connectivity index (χ4n) is 1.12. The van der Waals surface area contributed by atoms with E-state index in [2.05, 4.69) is 48.2 Å². The van der Waals surface area contributed by atoms with Crippen molar-refractivity contribution in [3.63, 3.8) is 0 Å². The molecule has 0 aromatic heterocycles. The number of hydrogen-bond donors (Lipinski definition) is 0. The van der Waals surface area contributed by atoms with Crippen LogP contribution in [-0.2, 0) is 0 Å². The van der Waals surface area contributed by atoms with Crippen molar-refractivity contribution in [3.05, 3.63) is 40.0 Å². The highest BCUT2D eigenvalue weighted by molar-refractivity contribution is 14.1. The van der Waals surface area contributed by atoms with Crippen molar-refractivity contribution in [2.24, 2.45) is 0 Å². The smallest absolute Gasteiger partial charge is 0.119 e. The van der Waals surface area contributed by atoms with Gasteiger partial charge in [-0.2, -0.15) is 0 Å². The van der Waals surface area contributed by atoms with Crippen molar-refractivity contribution in [2.45, 2.75) is 12.8 Å². The summed E-state index contributed by atoms with van der Waals surface area (Å²) in [7, 11) is 1.69. The van der Waals surface area contributed by atoms with Gasteiger partial charge < -0.3 is 4.74 Å². The molecule has 1 rings (SSSR count). The summed E-state index contributed by atoms with van der Waals surface area (Å²) in [6, 6.07) is 6.10. The summed E-state index contributed by atoms with van der Waals surface area (Å²) in [5.74, 6) is 1.28. The molecule has 2 heteroatoms. The molecule has 0 radical (unpaired) electrons. The van der Waals surface area contributed by atoms with Crippen molar-refractivity contribution < 1.29 is 4.74 Å². The van der Waals surface area contributed by atoms with Gasteiger partial charge in [0, 0.05) is 3.57 Å². The molecule has 1 aromatic rings. The van der Waals surface area contributed by atoms with Gasteiger partial charge in [-0.3, -0.25) is 0 Å². The molecule has 0 heterocycles. The molecule has 0 saturated heterocycles. The number of allylic oxidation sites excluding steroid dienone is 1. The number of hydrogen-bond acceptors (Lipinski definition) is 1. The van der Waals surface area contributed by atoms with Crippen LogP contribution in [0.5, 0.6) is 5.75 Å². The maximum Gasteiger partial charge on any atom is 0.119 e. The van der Waals surface area contributed by atoms with Gasteiger partial charge in [-0.15, -0.1) is 6.58 Å². The maximum atomic E-state index is 5.17. The fourth-order valence-corrected chi connectivity index (χ4v) is 1.95. The van der Waals surface area contributed by atoms with Gasteiger partial charge in [0.2, 0.25) is 0 Å². The topological polar surface area (TPSA) is 9.23 Å². The molecule has 1 nitrogen and oxygen atoms in total. The Kier molecular flexibility index (Phi) is 3.78. The lowest BCUT2D eigenvalue weighted by molar-refractivity contribution is 0.414. The second kappa shape index (κ2) is 4.65. The molecule has 0 aliphatic carbocycles. The van der Waals surface area contributed by atoms with Crippen LogP contribution in [0.3, 0.4) is 0 Å². The van der Waals surface area contributed by atoms with Gasteiger partial charge in [0.1, 0.15) is 5.75 Å². The van der Waals surface area contributed by atoms with Crippen LogP contribution in [0.2, 0.25) is 0 Å².